The van der Waals surface area contributed by atoms with Crippen molar-refractivity contribution < 1.29 is 4.74 Å². The Labute approximate surface area is 106 Å². The molecule has 0 bridgehead atoms. The topological polar surface area (TPSA) is 53.1 Å². The van der Waals surface area contributed by atoms with Crippen LogP contribution in [0.3, 0.4) is 0 Å². The molecule has 94 valence electrons. The Hall–Kier alpha value is -1.97. The van der Waals surface area contributed by atoms with Gasteiger partial charge in [0.1, 0.15) is 11.6 Å². The molecule has 1 aromatic heterocycles. The van der Waals surface area contributed by atoms with Gasteiger partial charge in [-0.2, -0.15) is 5.10 Å². The monoisotopic (exact) mass is 243 g/mol. The molecular weight excluding hydrogens is 226 g/mol. The van der Waals surface area contributed by atoms with Crippen LogP contribution in [0.5, 0.6) is 5.75 Å². The van der Waals surface area contributed by atoms with Gasteiger partial charge in [-0.1, -0.05) is 11.6 Å². The average Bonchev–Trinajstić information content (AvgIpc) is 3.10. The van der Waals surface area contributed by atoms with Crippen LogP contribution in [0, 0.1) is 6.92 Å². The van der Waals surface area contributed by atoms with E-state index in [4.69, 9.17) is 10.5 Å². The summed E-state index contributed by atoms with van der Waals surface area (Å²) in [6, 6.07) is 6.19. The summed E-state index contributed by atoms with van der Waals surface area (Å²) >= 11 is 0. The predicted octanol–water partition coefficient (Wildman–Crippen LogP) is 2.52. The number of nitrogens with two attached hydrogens (primary N) is 1. The third-order valence-corrected chi connectivity index (χ3v) is 3.23. The lowest BCUT2D eigenvalue weighted by atomic mass is 10.0. The van der Waals surface area contributed by atoms with Crippen molar-refractivity contribution in [3.8, 4) is 16.9 Å². The van der Waals surface area contributed by atoms with E-state index >= 15 is 0 Å². The molecule has 1 heterocycles. The first kappa shape index (κ1) is 11.1. The van der Waals surface area contributed by atoms with Crippen molar-refractivity contribution in [3.05, 3.63) is 30.0 Å². The van der Waals surface area contributed by atoms with Gasteiger partial charge in [0.2, 0.25) is 0 Å². The number of aryl methyl sites for hydroxylation is 2. The molecular formula is C14H17N3O. The molecule has 1 aromatic carbocycles. The van der Waals surface area contributed by atoms with Gasteiger partial charge in [-0.25, -0.2) is 0 Å². The lowest BCUT2D eigenvalue weighted by Gasteiger charge is -2.11. The Kier molecular flexibility index (Phi) is 2.51. The Morgan fingerprint density at radius 1 is 1.33 bits per heavy atom. The third-order valence-electron chi connectivity index (χ3n) is 3.23. The second-order valence-electron chi connectivity index (χ2n) is 4.88. The number of hydrogen-bond acceptors (Lipinski definition) is 3. The van der Waals surface area contributed by atoms with Crippen LogP contribution < -0.4 is 10.5 Å². The molecule has 0 unspecified atom stereocenters. The molecule has 3 rings (SSSR count). The number of anilines is 1. The van der Waals surface area contributed by atoms with Gasteiger partial charge >= 0.3 is 0 Å². The van der Waals surface area contributed by atoms with E-state index < -0.39 is 0 Å². The summed E-state index contributed by atoms with van der Waals surface area (Å²) in [5.74, 6) is 1.57. The van der Waals surface area contributed by atoms with E-state index in [1.807, 2.05) is 13.1 Å². The van der Waals surface area contributed by atoms with Gasteiger partial charge in [0, 0.05) is 18.2 Å². The maximum Gasteiger partial charge on any atom is 0.129 e. The second-order valence-corrected chi connectivity index (χ2v) is 4.88. The highest BCUT2D eigenvalue weighted by atomic mass is 16.5. The summed E-state index contributed by atoms with van der Waals surface area (Å²) in [5, 5.41) is 4.19. The van der Waals surface area contributed by atoms with Crippen LogP contribution in [0.4, 0.5) is 5.82 Å². The molecule has 0 amide bonds. The van der Waals surface area contributed by atoms with Crippen LogP contribution in [-0.2, 0) is 7.05 Å². The molecule has 1 saturated carbocycles. The van der Waals surface area contributed by atoms with Gasteiger partial charge in [-0.3, -0.25) is 4.68 Å². The Morgan fingerprint density at radius 2 is 2.11 bits per heavy atom. The highest BCUT2D eigenvalue weighted by molar-refractivity contribution is 5.78. The Morgan fingerprint density at radius 3 is 2.72 bits per heavy atom. The normalized spacial score (nSPS) is 14.8. The molecule has 1 aliphatic rings. The molecule has 1 aliphatic carbocycles. The van der Waals surface area contributed by atoms with Gasteiger partial charge in [0.05, 0.1) is 12.3 Å². The van der Waals surface area contributed by atoms with Gasteiger partial charge < -0.3 is 10.5 Å². The van der Waals surface area contributed by atoms with Crippen molar-refractivity contribution in [2.45, 2.75) is 25.9 Å². The first-order chi connectivity index (χ1) is 8.65. The smallest absolute Gasteiger partial charge is 0.129 e. The number of nitrogens with zero attached hydrogens (tertiary/aromatic N) is 2. The van der Waals surface area contributed by atoms with Gasteiger partial charge in [0.15, 0.2) is 0 Å². The van der Waals surface area contributed by atoms with Crippen molar-refractivity contribution in [1.82, 2.24) is 9.78 Å². The van der Waals surface area contributed by atoms with Crippen LogP contribution in [0.25, 0.3) is 11.1 Å². The molecule has 0 spiro atoms. The molecule has 0 atom stereocenters. The molecule has 4 heteroatoms. The van der Waals surface area contributed by atoms with Crippen molar-refractivity contribution in [2.24, 2.45) is 7.05 Å². The van der Waals surface area contributed by atoms with E-state index in [0.717, 1.165) is 29.7 Å². The van der Waals surface area contributed by atoms with E-state index in [-0.39, 0.29) is 0 Å². The molecule has 18 heavy (non-hydrogen) atoms. The van der Waals surface area contributed by atoms with Crippen molar-refractivity contribution in [3.63, 3.8) is 0 Å². The maximum atomic E-state index is 6.04. The van der Waals surface area contributed by atoms with Gasteiger partial charge in [0.25, 0.3) is 0 Å². The Balaban J connectivity index is 2.07. The van der Waals surface area contributed by atoms with E-state index in [0.29, 0.717) is 11.9 Å². The SMILES string of the molecule is Cc1ccc(OC2CC2)c(-c2cnn(C)c2N)c1. The summed E-state index contributed by atoms with van der Waals surface area (Å²) in [5.41, 5.74) is 9.21. The van der Waals surface area contributed by atoms with Gasteiger partial charge in [-0.15, -0.1) is 0 Å². The van der Waals surface area contributed by atoms with Crippen LogP contribution in [0.15, 0.2) is 24.4 Å². The number of hydrogen-bond donors (Lipinski definition) is 1. The molecule has 2 aromatic rings. The van der Waals surface area contributed by atoms with Crippen molar-refractivity contribution in [2.75, 3.05) is 5.73 Å². The number of ether oxygens (including phenoxy) is 1. The molecule has 1 fully saturated rings. The minimum Gasteiger partial charge on any atom is -0.490 e. The summed E-state index contributed by atoms with van der Waals surface area (Å²) in [6.45, 7) is 2.07. The number of rotatable bonds is 3. The first-order valence-electron chi connectivity index (χ1n) is 6.20. The highest BCUT2D eigenvalue weighted by Gasteiger charge is 2.25. The van der Waals surface area contributed by atoms with Crippen LogP contribution in [0.1, 0.15) is 18.4 Å². The fourth-order valence-corrected chi connectivity index (χ4v) is 1.98. The molecule has 4 nitrogen and oxygen atoms in total. The first-order valence-corrected chi connectivity index (χ1v) is 6.20. The summed E-state index contributed by atoms with van der Waals surface area (Å²) in [4.78, 5) is 0. The third kappa shape index (κ3) is 1.94. The molecule has 0 saturated heterocycles. The highest BCUT2D eigenvalue weighted by Crippen LogP contribution is 2.37. The average molecular weight is 243 g/mol. The fraction of sp³-hybridized carbons (Fsp3) is 0.357. The van der Waals surface area contributed by atoms with E-state index in [2.05, 4.69) is 24.2 Å². The van der Waals surface area contributed by atoms with E-state index in [9.17, 15) is 0 Å². The second kappa shape index (κ2) is 4.05. The molecule has 2 N–H and O–H groups in total. The zero-order valence-corrected chi connectivity index (χ0v) is 10.7. The molecule has 0 radical (unpaired) electrons. The minimum absolute atomic E-state index is 0.379. The Bertz CT molecular complexity index is 585. The zero-order valence-electron chi connectivity index (χ0n) is 10.7. The lowest BCUT2D eigenvalue weighted by Crippen LogP contribution is -2.00. The summed E-state index contributed by atoms with van der Waals surface area (Å²) in [7, 11) is 1.84. The fourth-order valence-electron chi connectivity index (χ4n) is 1.98. The van der Waals surface area contributed by atoms with Crippen LogP contribution in [-0.4, -0.2) is 15.9 Å². The molecule has 0 aliphatic heterocycles. The number of nitrogen functional groups attached to an aromatic ring is 1. The van der Waals surface area contributed by atoms with E-state index in [1.165, 1.54) is 5.56 Å². The standard InChI is InChI=1S/C14H17N3O/c1-9-3-6-13(18-10-4-5-10)11(7-9)12-8-16-17(2)14(12)15/h3,6-8,10H,4-5,15H2,1-2H3. The summed E-state index contributed by atoms with van der Waals surface area (Å²) < 4.78 is 7.62. The predicted molar refractivity (Wildman–Crippen MR) is 71.4 cm³/mol. The number of aromatic nitrogens is 2. The minimum atomic E-state index is 0.379. The quantitative estimate of drug-likeness (QED) is 0.901. The van der Waals surface area contributed by atoms with Gasteiger partial charge in [-0.05, 0) is 31.9 Å². The van der Waals surface area contributed by atoms with Crippen LogP contribution in [0.2, 0.25) is 0 Å². The van der Waals surface area contributed by atoms with Crippen molar-refractivity contribution in [1.29, 1.82) is 0 Å². The van der Waals surface area contributed by atoms with Crippen molar-refractivity contribution >= 4 is 5.82 Å². The number of benzene rings is 1. The summed E-state index contributed by atoms with van der Waals surface area (Å²) in [6.07, 6.45) is 4.47. The zero-order chi connectivity index (χ0) is 12.7. The lowest BCUT2D eigenvalue weighted by molar-refractivity contribution is 0.304. The van der Waals surface area contributed by atoms with E-state index in [1.54, 1.807) is 10.9 Å². The maximum absolute atomic E-state index is 6.04. The largest absolute Gasteiger partial charge is 0.490 e. The van der Waals surface area contributed by atoms with Crippen LogP contribution >= 0.6 is 0 Å².